The van der Waals surface area contributed by atoms with E-state index in [0.29, 0.717) is 17.0 Å². The van der Waals surface area contributed by atoms with Gasteiger partial charge in [-0.3, -0.25) is 9.59 Å². The summed E-state index contributed by atoms with van der Waals surface area (Å²) in [5, 5.41) is 13.4. The van der Waals surface area contributed by atoms with Crippen molar-refractivity contribution in [3.63, 3.8) is 0 Å². The number of amides is 2. The van der Waals surface area contributed by atoms with Crippen LogP contribution in [0.1, 0.15) is 44.9 Å². The Labute approximate surface area is 182 Å². The van der Waals surface area contributed by atoms with Crippen LogP contribution in [0, 0.1) is 17.1 Å². The number of rotatable bonds is 4. The van der Waals surface area contributed by atoms with Crippen LogP contribution < -0.4 is 15.4 Å². The molecule has 2 amide bonds. The first-order chi connectivity index (χ1) is 15.4. The summed E-state index contributed by atoms with van der Waals surface area (Å²) in [6.45, 7) is 0.205. The number of hydrogen-bond acceptors (Lipinski definition) is 5. The van der Waals surface area contributed by atoms with Gasteiger partial charge < -0.3 is 15.4 Å². The highest BCUT2D eigenvalue weighted by Gasteiger charge is 2.56. The molecule has 160 valence electrons. The number of benzene rings is 2. The molecule has 2 aromatic carbocycles. The van der Waals surface area contributed by atoms with E-state index in [2.05, 4.69) is 5.10 Å². The molecule has 2 N–H and O–H groups in total. The number of halogens is 1. The highest BCUT2D eigenvalue weighted by Crippen LogP contribution is 2.54. The number of ether oxygens (including phenoxy) is 1. The Hall–Kier alpha value is -4.19. The van der Waals surface area contributed by atoms with Crippen molar-refractivity contribution < 1.29 is 18.7 Å². The van der Waals surface area contributed by atoms with Gasteiger partial charge in [-0.2, -0.15) is 10.4 Å². The molecular weight excluding hydrogens is 413 g/mol. The van der Waals surface area contributed by atoms with Crippen LogP contribution in [-0.4, -0.2) is 35.2 Å². The van der Waals surface area contributed by atoms with Crippen LogP contribution in [0.25, 0.3) is 5.69 Å². The summed E-state index contributed by atoms with van der Waals surface area (Å²) in [5.41, 5.74) is 6.66. The van der Waals surface area contributed by atoms with Crippen molar-refractivity contribution in [2.75, 3.05) is 18.6 Å². The number of nitrogens with two attached hydrogens (primary N) is 1. The second-order valence-electron chi connectivity index (χ2n) is 8.00. The molecule has 0 saturated heterocycles. The summed E-state index contributed by atoms with van der Waals surface area (Å²) in [6, 6.07) is 12.7. The van der Waals surface area contributed by atoms with Crippen LogP contribution in [-0.2, 0) is 5.41 Å². The summed E-state index contributed by atoms with van der Waals surface area (Å²) in [5.74, 6) is -1.25. The van der Waals surface area contributed by atoms with E-state index in [9.17, 15) is 14.0 Å². The van der Waals surface area contributed by atoms with Crippen molar-refractivity contribution in [2.45, 2.75) is 18.3 Å². The first-order valence-corrected chi connectivity index (χ1v) is 9.98. The standard InChI is InChI=1S/C23H18FN5O3/c1-32-15-5-3-14(4-6-15)29-20-18(19(27-29)21(26)30)23(8-9-23)12-28(22(20)31)17-7-2-13(11-25)10-16(17)24/h2-7,10H,8-9,12H2,1H3,(H2,26,30). The summed E-state index contributed by atoms with van der Waals surface area (Å²) in [6.07, 6.45) is 1.44. The van der Waals surface area contributed by atoms with Crippen molar-refractivity contribution in [2.24, 2.45) is 5.73 Å². The van der Waals surface area contributed by atoms with E-state index in [1.165, 1.54) is 21.7 Å². The quantitative estimate of drug-likeness (QED) is 0.682. The highest BCUT2D eigenvalue weighted by atomic mass is 19.1. The van der Waals surface area contributed by atoms with Gasteiger partial charge in [-0.1, -0.05) is 0 Å². The largest absolute Gasteiger partial charge is 0.497 e. The lowest BCUT2D eigenvalue weighted by Gasteiger charge is -2.33. The van der Waals surface area contributed by atoms with Crippen LogP contribution in [0.4, 0.5) is 10.1 Å². The van der Waals surface area contributed by atoms with E-state index in [-0.39, 0.29) is 29.2 Å². The Bertz CT molecular complexity index is 1320. The van der Waals surface area contributed by atoms with Crippen molar-refractivity contribution in [1.82, 2.24) is 9.78 Å². The van der Waals surface area contributed by atoms with Crippen molar-refractivity contribution in [3.05, 3.63) is 70.8 Å². The first-order valence-electron chi connectivity index (χ1n) is 9.98. The highest BCUT2D eigenvalue weighted by molar-refractivity contribution is 6.10. The van der Waals surface area contributed by atoms with Gasteiger partial charge in [-0.15, -0.1) is 0 Å². The Morgan fingerprint density at radius 3 is 2.53 bits per heavy atom. The molecule has 2 aliphatic rings. The molecule has 1 saturated carbocycles. The molecule has 32 heavy (non-hydrogen) atoms. The number of aromatic nitrogens is 2. The Morgan fingerprint density at radius 1 is 1.25 bits per heavy atom. The topological polar surface area (TPSA) is 114 Å². The zero-order valence-electron chi connectivity index (χ0n) is 17.1. The number of primary amides is 1. The molecule has 0 atom stereocenters. The average Bonchev–Trinajstić information content (AvgIpc) is 3.44. The molecule has 1 spiro atoms. The minimum absolute atomic E-state index is 0.0571. The Morgan fingerprint density at radius 2 is 1.97 bits per heavy atom. The van der Waals surface area contributed by atoms with Crippen molar-refractivity contribution >= 4 is 17.5 Å². The fraction of sp³-hybridized carbons (Fsp3) is 0.217. The summed E-state index contributed by atoms with van der Waals surface area (Å²) in [7, 11) is 1.54. The average molecular weight is 431 g/mol. The van der Waals surface area contributed by atoms with Crippen LogP contribution in [0.3, 0.4) is 0 Å². The van der Waals surface area contributed by atoms with Crippen LogP contribution in [0.15, 0.2) is 42.5 Å². The molecule has 1 aromatic heterocycles. The van der Waals surface area contributed by atoms with Crippen LogP contribution in [0.5, 0.6) is 5.75 Å². The van der Waals surface area contributed by atoms with E-state index in [4.69, 9.17) is 15.7 Å². The molecule has 1 fully saturated rings. The van der Waals surface area contributed by atoms with Gasteiger partial charge in [0, 0.05) is 17.5 Å². The minimum Gasteiger partial charge on any atom is -0.497 e. The number of fused-ring (bicyclic) bond motifs is 2. The number of carbonyl (C=O) groups excluding carboxylic acids is 2. The number of nitrogens with zero attached hydrogens (tertiary/aromatic N) is 4. The molecule has 3 aromatic rings. The number of anilines is 1. The monoisotopic (exact) mass is 431 g/mol. The predicted molar refractivity (Wildman–Crippen MR) is 112 cm³/mol. The predicted octanol–water partition coefficient (Wildman–Crippen LogP) is 2.68. The Balaban J connectivity index is 1.70. The van der Waals surface area contributed by atoms with Gasteiger partial charge in [-0.25, -0.2) is 9.07 Å². The van der Waals surface area contributed by atoms with Gasteiger partial charge in [0.15, 0.2) is 5.69 Å². The van der Waals surface area contributed by atoms with Crippen molar-refractivity contribution in [3.8, 4) is 17.5 Å². The van der Waals surface area contributed by atoms with E-state index >= 15 is 0 Å². The fourth-order valence-corrected chi connectivity index (χ4v) is 4.33. The fourth-order valence-electron chi connectivity index (χ4n) is 4.33. The maximum absolute atomic E-state index is 14.8. The van der Waals surface area contributed by atoms with E-state index < -0.39 is 23.0 Å². The summed E-state index contributed by atoms with van der Waals surface area (Å²) < 4.78 is 21.4. The van der Waals surface area contributed by atoms with Crippen LogP contribution >= 0.6 is 0 Å². The molecular formula is C23H18FN5O3. The third-order valence-electron chi connectivity index (χ3n) is 6.10. The molecule has 0 bridgehead atoms. The molecule has 2 heterocycles. The van der Waals surface area contributed by atoms with Gasteiger partial charge in [0.25, 0.3) is 11.8 Å². The SMILES string of the molecule is COc1ccc(-n2nc(C(N)=O)c3c2C(=O)N(c2ccc(C#N)cc2F)CC32CC2)cc1. The van der Waals surface area contributed by atoms with Gasteiger partial charge in [-0.05, 0) is 55.3 Å². The van der Waals surface area contributed by atoms with Crippen LogP contribution in [0.2, 0.25) is 0 Å². The van der Waals surface area contributed by atoms with Gasteiger partial charge in [0.1, 0.15) is 17.3 Å². The Kier molecular flexibility index (Phi) is 4.27. The maximum atomic E-state index is 14.8. The van der Waals surface area contributed by atoms with E-state index in [1.807, 2.05) is 6.07 Å². The molecule has 1 aliphatic carbocycles. The van der Waals surface area contributed by atoms with E-state index in [1.54, 1.807) is 31.4 Å². The van der Waals surface area contributed by atoms with E-state index in [0.717, 1.165) is 18.9 Å². The van der Waals surface area contributed by atoms with Crippen molar-refractivity contribution in [1.29, 1.82) is 5.26 Å². The maximum Gasteiger partial charge on any atom is 0.277 e. The normalized spacial score (nSPS) is 15.9. The molecule has 9 heteroatoms. The minimum atomic E-state index is -0.717. The summed E-state index contributed by atoms with van der Waals surface area (Å²) >= 11 is 0. The second kappa shape index (κ2) is 6.92. The number of carbonyl (C=O) groups is 2. The number of nitriles is 1. The lowest BCUT2D eigenvalue weighted by atomic mass is 9.88. The van der Waals surface area contributed by atoms with Gasteiger partial charge in [0.2, 0.25) is 0 Å². The zero-order valence-corrected chi connectivity index (χ0v) is 17.1. The smallest absolute Gasteiger partial charge is 0.277 e. The number of hydrogen-bond donors (Lipinski definition) is 1. The zero-order chi connectivity index (χ0) is 22.6. The molecule has 0 radical (unpaired) electrons. The first kappa shape index (κ1) is 19.8. The summed E-state index contributed by atoms with van der Waals surface area (Å²) in [4.78, 5) is 27.2. The third kappa shape index (κ3) is 2.84. The molecule has 0 unspecified atom stereocenters. The van der Waals surface area contributed by atoms with Gasteiger partial charge >= 0.3 is 0 Å². The lowest BCUT2D eigenvalue weighted by molar-refractivity contribution is 0.0965. The molecule has 1 aliphatic heterocycles. The molecule has 5 rings (SSSR count). The second-order valence-corrected chi connectivity index (χ2v) is 8.00. The third-order valence-corrected chi connectivity index (χ3v) is 6.10. The lowest BCUT2D eigenvalue weighted by Crippen LogP contribution is -2.45. The molecule has 8 nitrogen and oxygen atoms in total. The number of methoxy groups -OCH3 is 1. The van der Waals surface area contributed by atoms with Gasteiger partial charge in [0.05, 0.1) is 30.1 Å².